The van der Waals surface area contributed by atoms with Crippen LogP contribution < -0.4 is 4.73 Å². The highest BCUT2D eigenvalue weighted by molar-refractivity contribution is 5.95. The number of hydrogen-bond acceptors (Lipinski definition) is 3. The molecule has 5 nitrogen and oxygen atoms in total. The highest BCUT2D eigenvalue weighted by Crippen LogP contribution is 2.40. The molecule has 2 saturated carbocycles. The van der Waals surface area contributed by atoms with Crippen LogP contribution in [0.25, 0.3) is 0 Å². The van der Waals surface area contributed by atoms with Crippen molar-refractivity contribution in [3.63, 3.8) is 0 Å². The van der Waals surface area contributed by atoms with Crippen LogP contribution in [0.4, 0.5) is 13.2 Å². The number of carbonyl (C=O) groups is 1. The molecule has 2 aliphatic carbocycles. The average molecular weight is 448 g/mol. The summed E-state index contributed by atoms with van der Waals surface area (Å²) in [5.74, 6) is 0.110. The summed E-state index contributed by atoms with van der Waals surface area (Å²) in [5, 5.41) is 21.4. The minimum Gasteiger partial charge on any atom is -0.619 e. The Bertz CT molecular complexity index is 963. The van der Waals surface area contributed by atoms with Gasteiger partial charge in [0.05, 0.1) is 0 Å². The number of aromatic nitrogens is 1. The van der Waals surface area contributed by atoms with Crippen molar-refractivity contribution in [2.75, 3.05) is 0 Å². The van der Waals surface area contributed by atoms with Crippen LogP contribution in [-0.2, 0) is 5.60 Å². The number of hydrogen-bond donors (Lipinski definition) is 1. The van der Waals surface area contributed by atoms with Crippen molar-refractivity contribution in [1.29, 1.82) is 0 Å². The van der Waals surface area contributed by atoms with Gasteiger partial charge in [0.2, 0.25) is 0 Å². The van der Waals surface area contributed by atoms with Gasteiger partial charge in [-0.15, -0.1) is 0 Å². The first-order valence-corrected chi connectivity index (χ1v) is 11.0. The lowest BCUT2D eigenvalue weighted by atomic mass is 9.81. The fourth-order valence-electron chi connectivity index (χ4n) is 4.63. The van der Waals surface area contributed by atoms with E-state index in [1.807, 2.05) is 11.0 Å². The number of rotatable bonds is 5. The molecule has 32 heavy (non-hydrogen) atoms. The third kappa shape index (κ3) is 4.46. The van der Waals surface area contributed by atoms with E-state index in [0.29, 0.717) is 12.5 Å². The zero-order chi connectivity index (χ0) is 23.1. The molecule has 1 heterocycles. The van der Waals surface area contributed by atoms with Gasteiger partial charge < -0.3 is 15.2 Å². The lowest BCUT2D eigenvalue weighted by Crippen LogP contribution is -2.44. The van der Waals surface area contributed by atoms with E-state index < -0.39 is 11.8 Å². The number of carbonyl (C=O) groups excluding carboxylic acids is 1. The molecule has 1 amide bonds. The van der Waals surface area contributed by atoms with Crippen LogP contribution >= 0.6 is 0 Å². The van der Waals surface area contributed by atoms with Crippen molar-refractivity contribution in [2.24, 2.45) is 0 Å². The molecule has 0 radical (unpaired) electrons. The second-order valence-corrected chi connectivity index (χ2v) is 9.09. The van der Waals surface area contributed by atoms with Gasteiger partial charge in [0.15, 0.2) is 18.0 Å². The van der Waals surface area contributed by atoms with E-state index >= 15 is 0 Å². The summed E-state index contributed by atoms with van der Waals surface area (Å²) >= 11 is 0. The Hall–Kier alpha value is -2.61. The molecule has 8 heteroatoms. The summed E-state index contributed by atoms with van der Waals surface area (Å²) in [6.45, 7) is 0.708. The van der Waals surface area contributed by atoms with Gasteiger partial charge in [-0.1, -0.05) is 12.1 Å². The predicted octanol–water partition coefficient (Wildman–Crippen LogP) is 4.42. The van der Waals surface area contributed by atoms with Crippen LogP contribution in [0.5, 0.6) is 0 Å². The summed E-state index contributed by atoms with van der Waals surface area (Å²) in [6.07, 6.45) is 3.51. The zero-order valence-corrected chi connectivity index (χ0v) is 17.9. The molecule has 4 rings (SSSR count). The number of alkyl halides is 3. The van der Waals surface area contributed by atoms with E-state index in [4.69, 9.17) is 0 Å². The molecule has 1 atom stereocenters. The van der Waals surface area contributed by atoms with Crippen LogP contribution in [0.1, 0.15) is 72.9 Å². The van der Waals surface area contributed by atoms with Crippen LogP contribution in [0.2, 0.25) is 0 Å². The molecule has 0 aliphatic heterocycles. The monoisotopic (exact) mass is 448 g/mol. The van der Waals surface area contributed by atoms with Crippen LogP contribution in [0.15, 0.2) is 48.8 Å². The molecular formula is C24H27F3N2O3. The Morgan fingerprint density at radius 3 is 2.09 bits per heavy atom. The molecule has 0 saturated heterocycles. The highest BCUT2D eigenvalue weighted by Gasteiger charge is 2.51. The van der Waals surface area contributed by atoms with Crippen LogP contribution in [0.3, 0.4) is 0 Å². The van der Waals surface area contributed by atoms with Crippen molar-refractivity contribution in [3.05, 3.63) is 70.7 Å². The summed E-state index contributed by atoms with van der Waals surface area (Å²) in [7, 11) is 0. The van der Waals surface area contributed by atoms with Crippen molar-refractivity contribution < 1.29 is 27.8 Å². The molecule has 2 aromatic rings. The summed E-state index contributed by atoms with van der Waals surface area (Å²) in [6, 6.07) is 9.04. The predicted molar refractivity (Wildman–Crippen MR) is 112 cm³/mol. The standard InChI is InChI=1S/C24H27F3N2O3/c1-23(31,24(25,26)27)19-8-4-17(5-9-19)22(30)29(21-12-13-21)20-10-6-16(7-11-20)18-3-2-14-28(32)15-18/h2-5,8-9,14-16,20-21,31H,6-7,10-13H2,1H3/t16?,20?,23-/m0/s1. The molecule has 0 unspecified atom stereocenters. The van der Waals surface area contributed by atoms with Gasteiger partial charge in [-0.2, -0.15) is 17.9 Å². The first-order valence-electron chi connectivity index (χ1n) is 11.0. The van der Waals surface area contributed by atoms with E-state index in [1.165, 1.54) is 30.5 Å². The topological polar surface area (TPSA) is 67.5 Å². The van der Waals surface area contributed by atoms with E-state index in [-0.39, 0.29) is 29.5 Å². The SMILES string of the molecule is C[C@](O)(c1ccc(C(=O)N(C2CCC(c3ccc[n+]([O-])c3)CC2)C2CC2)cc1)C(F)(F)F. The minimum absolute atomic E-state index is 0.0762. The fourth-order valence-corrected chi connectivity index (χ4v) is 4.63. The van der Waals surface area contributed by atoms with E-state index in [2.05, 4.69) is 0 Å². The Labute approximate surface area is 185 Å². The Morgan fingerprint density at radius 1 is 1.03 bits per heavy atom. The summed E-state index contributed by atoms with van der Waals surface area (Å²) < 4.78 is 40.1. The molecule has 172 valence electrons. The summed E-state index contributed by atoms with van der Waals surface area (Å²) in [5.41, 5.74) is -1.92. The maximum absolute atomic E-state index is 13.3. The lowest BCUT2D eigenvalue weighted by Gasteiger charge is -2.37. The third-order valence-corrected chi connectivity index (χ3v) is 6.78. The van der Waals surface area contributed by atoms with Gasteiger partial charge in [-0.05, 0) is 75.1 Å². The van der Waals surface area contributed by atoms with Gasteiger partial charge in [0, 0.05) is 29.3 Å². The number of benzene rings is 1. The lowest BCUT2D eigenvalue weighted by molar-refractivity contribution is -0.606. The third-order valence-electron chi connectivity index (χ3n) is 6.78. The number of nitrogens with zero attached hydrogens (tertiary/aromatic N) is 2. The molecule has 2 fully saturated rings. The van der Waals surface area contributed by atoms with Crippen molar-refractivity contribution in [1.82, 2.24) is 4.90 Å². The van der Waals surface area contributed by atoms with Crippen molar-refractivity contribution >= 4 is 5.91 Å². The first kappa shape index (κ1) is 22.6. The van der Waals surface area contributed by atoms with E-state index in [0.717, 1.165) is 48.8 Å². The van der Waals surface area contributed by atoms with Crippen molar-refractivity contribution in [3.8, 4) is 0 Å². The van der Waals surface area contributed by atoms with E-state index in [1.54, 1.807) is 12.3 Å². The quantitative estimate of drug-likeness (QED) is 0.544. The van der Waals surface area contributed by atoms with Gasteiger partial charge in [0.1, 0.15) is 0 Å². The molecular weight excluding hydrogens is 421 g/mol. The van der Waals surface area contributed by atoms with E-state index in [9.17, 15) is 28.3 Å². The smallest absolute Gasteiger partial charge is 0.421 e. The Kier molecular flexibility index (Phi) is 5.92. The number of halogens is 3. The normalized spacial score (nSPS) is 23.4. The minimum atomic E-state index is -4.80. The number of aliphatic hydroxyl groups is 1. The van der Waals surface area contributed by atoms with Gasteiger partial charge in [0.25, 0.3) is 5.91 Å². The highest BCUT2D eigenvalue weighted by atomic mass is 19.4. The van der Waals surface area contributed by atoms with Gasteiger partial charge in [-0.25, -0.2) is 0 Å². The van der Waals surface area contributed by atoms with Crippen LogP contribution in [-0.4, -0.2) is 34.2 Å². The molecule has 1 N–H and O–H groups in total. The van der Waals surface area contributed by atoms with Crippen LogP contribution in [0, 0.1) is 5.21 Å². The Morgan fingerprint density at radius 2 is 1.59 bits per heavy atom. The molecule has 0 bridgehead atoms. The first-order chi connectivity index (χ1) is 15.1. The molecule has 1 aromatic carbocycles. The number of pyridine rings is 1. The molecule has 2 aliphatic rings. The van der Waals surface area contributed by atoms with Crippen molar-refractivity contribution in [2.45, 2.75) is 75.2 Å². The Balaban J connectivity index is 1.46. The largest absolute Gasteiger partial charge is 0.619 e. The second-order valence-electron chi connectivity index (χ2n) is 9.09. The van der Waals surface area contributed by atoms with Gasteiger partial charge >= 0.3 is 6.18 Å². The number of amides is 1. The zero-order valence-electron chi connectivity index (χ0n) is 17.9. The maximum atomic E-state index is 13.3. The second kappa shape index (κ2) is 8.39. The fraction of sp³-hybridized carbons (Fsp3) is 0.500. The average Bonchev–Trinajstić information content (AvgIpc) is 3.59. The van der Waals surface area contributed by atoms with Gasteiger partial charge in [-0.3, -0.25) is 4.79 Å². The maximum Gasteiger partial charge on any atom is 0.421 e. The summed E-state index contributed by atoms with van der Waals surface area (Å²) in [4.78, 5) is 15.2. The molecule has 0 spiro atoms. The molecule has 1 aromatic heterocycles.